The number of nitrogens with one attached hydrogen (secondary N) is 1. The van der Waals surface area contributed by atoms with E-state index in [9.17, 15) is 9.90 Å². The number of rotatable bonds is 3. The van der Waals surface area contributed by atoms with Gasteiger partial charge in [-0.05, 0) is 31.1 Å². The van der Waals surface area contributed by atoms with Crippen LogP contribution >= 0.6 is 0 Å². The van der Waals surface area contributed by atoms with E-state index in [0.29, 0.717) is 0 Å². The summed E-state index contributed by atoms with van der Waals surface area (Å²) in [7, 11) is 0. The summed E-state index contributed by atoms with van der Waals surface area (Å²) in [4.78, 5) is 12.5. The zero-order valence-corrected chi connectivity index (χ0v) is 11.8. The average Bonchev–Trinajstić information content (AvgIpc) is 2.70. The largest absolute Gasteiger partial charge is 0.394 e. The van der Waals surface area contributed by atoms with Gasteiger partial charge in [-0.25, -0.2) is 0 Å². The molecule has 0 aromatic carbocycles. The van der Waals surface area contributed by atoms with E-state index in [-0.39, 0.29) is 29.4 Å². The Hall–Kier alpha value is -0.570. The number of carbonyl (C=O) groups is 1. The molecule has 2 fully saturated rings. The number of aliphatic hydroxyl groups excluding tert-OH is 1. The lowest BCUT2D eigenvalue weighted by Gasteiger charge is -2.38. The van der Waals surface area contributed by atoms with Crippen LogP contribution < -0.4 is 5.32 Å². The minimum atomic E-state index is -0.325. The highest BCUT2D eigenvalue weighted by Crippen LogP contribution is 2.43. The third-order valence-corrected chi connectivity index (χ3v) is 5.08. The van der Waals surface area contributed by atoms with E-state index in [2.05, 4.69) is 19.2 Å². The van der Waals surface area contributed by atoms with E-state index in [4.69, 9.17) is 0 Å². The summed E-state index contributed by atoms with van der Waals surface area (Å²) >= 11 is 0. The fourth-order valence-corrected chi connectivity index (χ4v) is 3.71. The molecule has 1 unspecified atom stereocenters. The van der Waals surface area contributed by atoms with Gasteiger partial charge in [-0.3, -0.25) is 4.79 Å². The fourth-order valence-electron chi connectivity index (χ4n) is 3.71. The van der Waals surface area contributed by atoms with Crippen molar-refractivity contribution in [3.8, 4) is 0 Å². The second kappa shape index (κ2) is 5.20. The van der Waals surface area contributed by atoms with Crippen LogP contribution in [0.25, 0.3) is 0 Å². The van der Waals surface area contributed by atoms with Gasteiger partial charge in [0.25, 0.3) is 0 Å². The lowest BCUT2D eigenvalue weighted by Crippen LogP contribution is -2.55. The first-order valence-electron chi connectivity index (χ1n) is 7.42. The van der Waals surface area contributed by atoms with E-state index in [0.717, 1.165) is 44.9 Å². The normalized spacial score (nSPS) is 30.1. The predicted octanol–water partition coefficient (Wildman–Crippen LogP) is 2.62. The zero-order chi connectivity index (χ0) is 13.2. The van der Waals surface area contributed by atoms with Gasteiger partial charge < -0.3 is 10.4 Å². The molecule has 2 aliphatic rings. The first kappa shape index (κ1) is 13.9. The van der Waals surface area contributed by atoms with Gasteiger partial charge in [-0.2, -0.15) is 0 Å². The van der Waals surface area contributed by atoms with Gasteiger partial charge in [-0.1, -0.05) is 39.5 Å². The average molecular weight is 253 g/mol. The summed E-state index contributed by atoms with van der Waals surface area (Å²) in [6, 6.07) is 0. The van der Waals surface area contributed by atoms with Gasteiger partial charge in [0.1, 0.15) is 0 Å². The maximum atomic E-state index is 12.5. The number of hydrogen-bond donors (Lipinski definition) is 2. The van der Waals surface area contributed by atoms with Crippen molar-refractivity contribution >= 4 is 5.91 Å². The molecule has 0 radical (unpaired) electrons. The van der Waals surface area contributed by atoms with Crippen molar-refractivity contribution in [1.82, 2.24) is 5.32 Å². The Bertz CT molecular complexity index is 306. The van der Waals surface area contributed by atoms with E-state index >= 15 is 0 Å². The van der Waals surface area contributed by atoms with Crippen LogP contribution in [0.5, 0.6) is 0 Å². The van der Waals surface area contributed by atoms with Gasteiger partial charge in [0, 0.05) is 5.92 Å². The Labute approximate surface area is 110 Å². The summed E-state index contributed by atoms with van der Waals surface area (Å²) in [6.45, 7) is 4.47. The Morgan fingerprint density at radius 3 is 2.33 bits per heavy atom. The molecular weight excluding hydrogens is 226 g/mol. The summed E-state index contributed by atoms with van der Waals surface area (Å²) in [6.07, 6.45) is 8.62. The molecular formula is C15H27NO2. The van der Waals surface area contributed by atoms with Crippen LogP contribution in [0.4, 0.5) is 0 Å². The number of aliphatic hydroxyl groups is 1. The molecule has 2 saturated carbocycles. The second-order valence-corrected chi connectivity index (χ2v) is 6.92. The minimum Gasteiger partial charge on any atom is -0.394 e. The van der Waals surface area contributed by atoms with E-state index in [1.54, 1.807) is 0 Å². The quantitative estimate of drug-likeness (QED) is 0.812. The third-order valence-electron chi connectivity index (χ3n) is 5.08. The first-order chi connectivity index (χ1) is 8.49. The van der Waals surface area contributed by atoms with Crippen molar-refractivity contribution in [2.45, 2.75) is 70.8 Å². The van der Waals surface area contributed by atoms with Crippen molar-refractivity contribution < 1.29 is 9.90 Å². The van der Waals surface area contributed by atoms with Gasteiger partial charge in [-0.15, -0.1) is 0 Å². The Balaban J connectivity index is 2.01. The van der Waals surface area contributed by atoms with Crippen molar-refractivity contribution in [3.05, 3.63) is 0 Å². The second-order valence-electron chi connectivity index (χ2n) is 6.92. The van der Waals surface area contributed by atoms with E-state index in [1.165, 1.54) is 6.42 Å². The number of amides is 1. The van der Waals surface area contributed by atoms with Crippen LogP contribution in [-0.4, -0.2) is 23.2 Å². The topological polar surface area (TPSA) is 49.3 Å². The van der Waals surface area contributed by atoms with Crippen LogP contribution in [0, 0.1) is 11.3 Å². The highest BCUT2D eigenvalue weighted by molar-refractivity contribution is 5.80. The fraction of sp³-hybridized carbons (Fsp3) is 0.933. The molecule has 18 heavy (non-hydrogen) atoms. The molecule has 2 rings (SSSR count). The molecule has 104 valence electrons. The molecule has 1 atom stereocenters. The third kappa shape index (κ3) is 2.71. The monoisotopic (exact) mass is 253 g/mol. The molecule has 2 N–H and O–H groups in total. The lowest BCUT2D eigenvalue weighted by molar-refractivity contribution is -0.130. The van der Waals surface area contributed by atoms with Gasteiger partial charge in [0.2, 0.25) is 5.91 Å². The highest BCUT2D eigenvalue weighted by Gasteiger charge is 2.42. The summed E-state index contributed by atoms with van der Waals surface area (Å²) in [5, 5.41) is 12.8. The van der Waals surface area contributed by atoms with Crippen molar-refractivity contribution in [2.24, 2.45) is 11.3 Å². The highest BCUT2D eigenvalue weighted by atomic mass is 16.3. The van der Waals surface area contributed by atoms with Crippen molar-refractivity contribution in [3.63, 3.8) is 0 Å². The van der Waals surface area contributed by atoms with Gasteiger partial charge in [0.05, 0.1) is 12.1 Å². The molecule has 3 nitrogen and oxygen atoms in total. The molecule has 3 heteroatoms. The standard InChI is InChI=1S/C15H27NO2/c1-14(2)8-6-7-12(14)13(18)16-15(11-17)9-4-3-5-10-15/h12,17H,3-11H2,1-2H3,(H,16,18). The van der Waals surface area contributed by atoms with E-state index < -0.39 is 0 Å². The molecule has 2 aliphatic carbocycles. The Morgan fingerprint density at radius 1 is 1.17 bits per heavy atom. The lowest BCUT2D eigenvalue weighted by atomic mass is 9.78. The molecule has 1 amide bonds. The summed E-state index contributed by atoms with van der Waals surface area (Å²) < 4.78 is 0. The van der Waals surface area contributed by atoms with Crippen molar-refractivity contribution in [2.75, 3.05) is 6.61 Å². The van der Waals surface area contributed by atoms with Crippen LogP contribution in [-0.2, 0) is 4.79 Å². The van der Waals surface area contributed by atoms with Crippen LogP contribution in [0.1, 0.15) is 65.2 Å². The Morgan fingerprint density at radius 2 is 1.83 bits per heavy atom. The Kier molecular flexibility index (Phi) is 4.00. The minimum absolute atomic E-state index is 0.0892. The molecule has 0 aliphatic heterocycles. The summed E-state index contributed by atoms with van der Waals surface area (Å²) in [5.74, 6) is 0.302. The van der Waals surface area contributed by atoms with Gasteiger partial charge in [0.15, 0.2) is 0 Å². The molecule has 0 spiro atoms. The van der Waals surface area contributed by atoms with Crippen molar-refractivity contribution in [1.29, 1.82) is 0 Å². The molecule has 0 heterocycles. The molecule has 0 aromatic rings. The predicted molar refractivity (Wildman–Crippen MR) is 72.2 cm³/mol. The SMILES string of the molecule is CC1(C)CCCC1C(=O)NC1(CO)CCCCC1. The number of carbonyl (C=O) groups excluding carboxylic acids is 1. The van der Waals surface area contributed by atoms with E-state index in [1.807, 2.05) is 0 Å². The zero-order valence-electron chi connectivity index (χ0n) is 11.8. The van der Waals surface area contributed by atoms with Gasteiger partial charge >= 0.3 is 0 Å². The van der Waals surface area contributed by atoms with Crippen LogP contribution in [0.15, 0.2) is 0 Å². The number of hydrogen-bond acceptors (Lipinski definition) is 2. The van der Waals surface area contributed by atoms with Crippen LogP contribution in [0.3, 0.4) is 0 Å². The molecule has 0 saturated heterocycles. The molecule has 0 bridgehead atoms. The maximum absolute atomic E-state index is 12.5. The smallest absolute Gasteiger partial charge is 0.224 e. The maximum Gasteiger partial charge on any atom is 0.224 e. The molecule has 0 aromatic heterocycles. The summed E-state index contributed by atoms with van der Waals surface area (Å²) in [5.41, 5.74) is -0.205. The van der Waals surface area contributed by atoms with Crippen LogP contribution in [0.2, 0.25) is 0 Å². The first-order valence-corrected chi connectivity index (χ1v) is 7.42.